The molecule has 1 aromatic carbocycles. The third kappa shape index (κ3) is 4.61. The molecule has 1 aliphatic rings. The summed E-state index contributed by atoms with van der Waals surface area (Å²) >= 11 is 0. The molecule has 13 heteroatoms. The van der Waals surface area contributed by atoms with Gasteiger partial charge in [0, 0.05) is 22.0 Å². The number of benzene rings is 1. The van der Waals surface area contributed by atoms with Crippen molar-refractivity contribution in [2.45, 2.75) is 37.4 Å². The van der Waals surface area contributed by atoms with Gasteiger partial charge in [-0.1, -0.05) is 10.2 Å². The molecule has 0 N–H and O–H groups in total. The minimum atomic E-state index is -1.90. The van der Waals surface area contributed by atoms with Crippen molar-refractivity contribution < 1.29 is 23.6 Å². The molecule has 1 heterocycles. The number of non-ortho nitro benzene ring substituents is 1. The molecular weight excluding hydrogens is 365 g/mol. The van der Waals surface area contributed by atoms with Crippen LogP contribution in [0.3, 0.4) is 0 Å². The summed E-state index contributed by atoms with van der Waals surface area (Å²) in [5.41, 5.74) is 16.8. The highest BCUT2D eigenvalue weighted by atomic mass is 19.1. The van der Waals surface area contributed by atoms with Crippen LogP contribution in [0.15, 0.2) is 34.5 Å². The van der Waals surface area contributed by atoms with Gasteiger partial charge in [-0.2, -0.15) is 0 Å². The lowest BCUT2D eigenvalue weighted by atomic mass is 9.95. The van der Waals surface area contributed by atoms with Crippen LogP contribution in [0.1, 0.15) is 17.3 Å². The van der Waals surface area contributed by atoms with Crippen molar-refractivity contribution >= 4 is 11.7 Å². The number of nitro benzene ring substituents is 1. The van der Waals surface area contributed by atoms with Crippen LogP contribution in [0.25, 0.3) is 20.9 Å². The Kier molecular flexibility index (Phi) is 6.50. The average molecular weight is 379 g/mol. The summed E-state index contributed by atoms with van der Waals surface area (Å²) < 4.78 is 25.5. The maximum Gasteiger partial charge on any atom is 0.338 e. The zero-order valence-electron chi connectivity index (χ0n) is 14.0. The van der Waals surface area contributed by atoms with Crippen molar-refractivity contribution in [1.29, 1.82) is 0 Å². The van der Waals surface area contributed by atoms with Gasteiger partial charge >= 0.3 is 5.97 Å². The van der Waals surface area contributed by atoms with Gasteiger partial charge in [-0.25, -0.2) is 9.18 Å². The number of hydrogen-bond donors (Lipinski definition) is 0. The van der Waals surface area contributed by atoms with E-state index >= 15 is 0 Å². The van der Waals surface area contributed by atoms with Crippen LogP contribution in [0.2, 0.25) is 0 Å². The lowest BCUT2D eigenvalue weighted by molar-refractivity contribution is -0.384. The standard InChI is InChI=1S/C14H14FN7O5/c1-7-12(19-21-17)11(15)13(10(26-7)6-18-20-16)27-14(23)8-2-4-9(5-3-8)22(24)25/h2-5,7,10-13H,6H2,1H3. The van der Waals surface area contributed by atoms with Crippen molar-refractivity contribution in [3.63, 3.8) is 0 Å². The Labute approximate surface area is 151 Å². The maximum atomic E-state index is 14.8. The second kappa shape index (κ2) is 8.81. The van der Waals surface area contributed by atoms with E-state index in [4.69, 9.17) is 20.5 Å². The number of rotatable bonds is 6. The SMILES string of the molecule is CC1OC(CN=[N+]=[N-])C(OC(=O)c2ccc([N+](=O)[O-])cc2)C(F)C1N=[N+]=[N-]. The van der Waals surface area contributed by atoms with E-state index in [1.54, 1.807) is 0 Å². The Balaban J connectivity index is 2.23. The predicted molar refractivity (Wildman–Crippen MR) is 88.5 cm³/mol. The monoisotopic (exact) mass is 379 g/mol. The molecule has 0 amide bonds. The summed E-state index contributed by atoms with van der Waals surface area (Å²) in [5.74, 6) is -0.957. The molecule has 12 nitrogen and oxygen atoms in total. The van der Waals surface area contributed by atoms with Crippen LogP contribution in [-0.2, 0) is 9.47 Å². The van der Waals surface area contributed by atoms with Crippen LogP contribution in [0, 0.1) is 10.1 Å². The average Bonchev–Trinajstić information content (AvgIpc) is 2.65. The molecule has 27 heavy (non-hydrogen) atoms. The van der Waals surface area contributed by atoms with Gasteiger partial charge in [-0.3, -0.25) is 10.1 Å². The zero-order chi connectivity index (χ0) is 20.0. The molecular formula is C14H14FN7O5. The Hall–Kier alpha value is -3.40. The van der Waals surface area contributed by atoms with Crippen LogP contribution in [-0.4, -0.2) is 48.0 Å². The summed E-state index contributed by atoms with van der Waals surface area (Å²) in [5, 5.41) is 17.3. The Morgan fingerprint density at radius 1 is 1.37 bits per heavy atom. The largest absolute Gasteiger partial charge is 0.453 e. The summed E-state index contributed by atoms with van der Waals surface area (Å²) in [6.07, 6.45) is -5.31. The van der Waals surface area contributed by atoms with Gasteiger partial charge in [0.05, 0.1) is 29.2 Å². The van der Waals surface area contributed by atoms with Crippen LogP contribution in [0.4, 0.5) is 10.1 Å². The first-order valence-electron chi connectivity index (χ1n) is 7.69. The first-order chi connectivity index (χ1) is 12.9. The van der Waals surface area contributed by atoms with Gasteiger partial charge in [0.15, 0.2) is 12.3 Å². The highest BCUT2D eigenvalue weighted by molar-refractivity contribution is 5.89. The van der Waals surface area contributed by atoms with Crippen LogP contribution < -0.4 is 0 Å². The molecule has 0 spiro atoms. The van der Waals surface area contributed by atoms with Gasteiger partial charge in [0.25, 0.3) is 5.69 Å². The van der Waals surface area contributed by atoms with E-state index in [9.17, 15) is 19.3 Å². The van der Waals surface area contributed by atoms with Crippen molar-refractivity contribution in [1.82, 2.24) is 0 Å². The molecule has 0 saturated carbocycles. The van der Waals surface area contributed by atoms with Gasteiger partial charge in [0.2, 0.25) is 0 Å². The Morgan fingerprint density at radius 3 is 2.59 bits per heavy atom. The van der Waals surface area contributed by atoms with Crippen molar-refractivity contribution in [3.8, 4) is 0 Å². The molecule has 1 fully saturated rings. The minimum absolute atomic E-state index is 0.0470. The molecule has 1 aliphatic heterocycles. The second-order valence-electron chi connectivity index (χ2n) is 5.61. The fraction of sp³-hybridized carbons (Fsp3) is 0.500. The van der Waals surface area contributed by atoms with E-state index in [1.165, 1.54) is 6.92 Å². The van der Waals surface area contributed by atoms with Gasteiger partial charge in [-0.15, -0.1) is 0 Å². The first kappa shape index (κ1) is 19.9. The van der Waals surface area contributed by atoms with Gasteiger partial charge in [-0.05, 0) is 30.1 Å². The molecule has 5 atom stereocenters. The highest BCUT2D eigenvalue weighted by Crippen LogP contribution is 2.29. The van der Waals surface area contributed by atoms with E-state index in [1.807, 2.05) is 0 Å². The fourth-order valence-electron chi connectivity index (χ4n) is 2.62. The molecule has 0 bridgehead atoms. The smallest absolute Gasteiger partial charge is 0.338 e. The highest BCUT2D eigenvalue weighted by Gasteiger charge is 2.46. The Morgan fingerprint density at radius 2 is 2.04 bits per heavy atom. The number of esters is 1. The van der Waals surface area contributed by atoms with Crippen LogP contribution in [0.5, 0.6) is 0 Å². The lowest BCUT2D eigenvalue weighted by Crippen LogP contribution is -2.56. The van der Waals surface area contributed by atoms with E-state index in [0.717, 1.165) is 24.3 Å². The number of nitro groups is 1. The minimum Gasteiger partial charge on any atom is -0.453 e. The number of carbonyl (C=O) groups excluding carboxylic acids is 1. The van der Waals surface area contributed by atoms with E-state index < -0.39 is 41.4 Å². The number of carbonyl (C=O) groups is 1. The molecule has 142 valence electrons. The summed E-state index contributed by atoms with van der Waals surface area (Å²) in [4.78, 5) is 27.4. The number of halogens is 1. The molecule has 0 radical (unpaired) electrons. The number of azide groups is 2. The zero-order valence-corrected chi connectivity index (χ0v) is 14.0. The predicted octanol–water partition coefficient (Wildman–Crippen LogP) is 3.23. The fourth-order valence-corrected chi connectivity index (χ4v) is 2.62. The second-order valence-corrected chi connectivity index (χ2v) is 5.61. The molecule has 1 saturated heterocycles. The van der Waals surface area contributed by atoms with E-state index in [2.05, 4.69) is 20.1 Å². The topological polar surface area (TPSA) is 176 Å². The molecule has 5 unspecified atom stereocenters. The van der Waals surface area contributed by atoms with Crippen molar-refractivity contribution in [2.75, 3.05) is 6.54 Å². The Bertz CT molecular complexity index is 805. The summed E-state index contributed by atoms with van der Waals surface area (Å²) in [6, 6.07) is 3.28. The van der Waals surface area contributed by atoms with E-state index in [0.29, 0.717) is 0 Å². The third-order valence-electron chi connectivity index (χ3n) is 3.94. The molecule has 1 aromatic rings. The normalized spacial score (nSPS) is 27.0. The molecule has 2 rings (SSSR count). The summed E-state index contributed by atoms with van der Waals surface area (Å²) in [7, 11) is 0. The molecule has 0 aliphatic carbocycles. The van der Waals surface area contributed by atoms with Crippen molar-refractivity contribution in [3.05, 3.63) is 60.8 Å². The number of hydrogen-bond acceptors (Lipinski definition) is 7. The third-order valence-corrected chi connectivity index (χ3v) is 3.94. The van der Waals surface area contributed by atoms with Crippen molar-refractivity contribution in [2.24, 2.45) is 10.2 Å². The quantitative estimate of drug-likeness (QED) is 0.184. The maximum absolute atomic E-state index is 14.8. The number of alkyl halides is 1. The first-order valence-corrected chi connectivity index (χ1v) is 7.69. The number of ether oxygens (including phenoxy) is 2. The van der Waals surface area contributed by atoms with Gasteiger partial charge < -0.3 is 9.47 Å². The molecule has 0 aromatic heterocycles. The summed E-state index contributed by atoms with van der Waals surface area (Å²) in [6.45, 7) is 1.17. The van der Waals surface area contributed by atoms with Gasteiger partial charge in [0.1, 0.15) is 6.10 Å². The lowest BCUT2D eigenvalue weighted by Gasteiger charge is -2.40. The van der Waals surface area contributed by atoms with Crippen LogP contribution >= 0.6 is 0 Å². The number of nitrogens with zero attached hydrogens (tertiary/aromatic N) is 7. The van der Waals surface area contributed by atoms with E-state index in [-0.39, 0.29) is 17.8 Å².